The Balaban J connectivity index is 0. The Hall–Kier alpha value is -0.890. The molecule has 0 aliphatic heterocycles. The summed E-state index contributed by atoms with van der Waals surface area (Å²) in [6, 6.07) is 2.26. The molecule has 2 heteroatoms. The van der Waals surface area contributed by atoms with Crippen LogP contribution in [0.2, 0.25) is 0 Å². The highest BCUT2D eigenvalue weighted by Gasteiger charge is 1.99. The summed E-state index contributed by atoms with van der Waals surface area (Å²) in [6.45, 7) is 16.2. The molecule has 1 nitrogen and oxygen atoms in total. The molecule has 1 aromatic heterocycles. The first kappa shape index (κ1) is 20.4. The maximum atomic E-state index is 4.25. The number of rotatable bonds is 5. The van der Waals surface area contributed by atoms with Crippen molar-refractivity contribution in [3.63, 3.8) is 0 Å². The lowest BCUT2D eigenvalue weighted by atomic mass is 10.1. The molecule has 0 radical (unpaired) electrons. The van der Waals surface area contributed by atoms with Crippen LogP contribution in [0.3, 0.4) is 0 Å². The lowest BCUT2D eigenvalue weighted by molar-refractivity contribution is 1.01. The third kappa shape index (κ3) is 11.9. The Morgan fingerprint density at radius 2 is 1.89 bits per heavy atom. The van der Waals surface area contributed by atoms with Crippen molar-refractivity contribution in [1.29, 1.82) is 0 Å². The van der Waals surface area contributed by atoms with Gasteiger partial charge in [-0.1, -0.05) is 47.6 Å². The Morgan fingerprint density at radius 3 is 2.26 bits per heavy atom. The number of thiophene rings is 1. The van der Waals surface area contributed by atoms with E-state index in [1.165, 1.54) is 22.6 Å². The molecule has 0 aliphatic carbocycles. The fourth-order valence-corrected chi connectivity index (χ4v) is 2.12. The van der Waals surface area contributed by atoms with Crippen molar-refractivity contribution in [2.45, 2.75) is 67.2 Å². The van der Waals surface area contributed by atoms with Gasteiger partial charge in [0.2, 0.25) is 0 Å². The van der Waals surface area contributed by atoms with Crippen LogP contribution >= 0.6 is 11.3 Å². The van der Waals surface area contributed by atoms with Crippen LogP contribution in [-0.4, -0.2) is 5.71 Å². The maximum Gasteiger partial charge on any atom is 0.0195 e. The van der Waals surface area contributed by atoms with Gasteiger partial charge >= 0.3 is 0 Å². The molecule has 0 bridgehead atoms. The molecule has 0 saturated carbocycles. The van der Waals surface area contributed by atoms with Gasteiger partial charge < -0.3 is 0 Å². The zero-order valence-electron chi connectivity index (χ0n) is 13.6. The topological polar surface area (TPSA) is 12.4 Å². The lowest BCUT2D eigenvalue weighted by Gasteiger charge is -2.00. The summed E-state index contributed by atoms with van der Waals surface area (Å²) < 4.78 is 0. The normalized spacial score (nSPS) is 9.89. The van der Waals surface area contributed by atoms with Crippen molar-refractivity contribution in [1.82, 2.24) is 0 Å². The van der Waals surface area contributed by atoms with E-state index in [4.69, 9.17) is 0 Å². The van der Waals surface area contributed by atoms with Gasteiger partial charge in [-0.25, -0.2) is 0 Å². The minimum Gasteiger partial charge on any atom is -0.266 e. The van der Waals surface area contributed by atoms with E-state index in [9.17, 15) is 0 Å². The fourth-order valence-electron chi connectivity index (χ4n) is 1.38. The van der Waals surface area contributed by atoms with Crippen molar-refractivity contribution in [3.05, 3.63) is 34.7 Å². The molecule has 0 saturated heterocycles. The van der Waals surface area contributed by atoms with Crippen LogP contribution in [-0.2, 0) is 6.42 Å². The highest BCUT2D eigenvalue weighted by atomic mass is 32.1. The molecule has 0 spiro atoms. The second-order valence-corrected chi connectivity index (χ2v) is 5.12. The first-order valence-electron chi connectivity index (χ1n) is 7.38. The van der Waals surface area contributed by atoms with Gasteiger partial charge in [0.05, 0.1) is 0 Å². The van der Waals surface area contributed by atoms with Crippen molar-refractivity contribution in [2.75, 3.05) is 0 Å². The predicted molar refractivity (Wildman–Crippen MR) is 92.6 cm³/mol. The second kappa shape index (κ2) is 15.2. The second-order valence-electron chi connectivity index (χ2n) is 4.00. The monoisotopic (exact) mass is 281 g/mol. The zero-order valence-corrected chi connectivity index (χ0v) is 14.4. The highest BCUT2D eigenvalue weighted by molar-refractivity contribution is 7.10. The molecule has 0 aliphatic rings. The quantitative estimate of drug-likeness (QED) is 0.552. The average molecular weight is 282 g/mol. The van der Waals surface area contributed by atoms with E-state index in [1.807, 2.05) is 25.2 Å². The van der Waals surface area contributed by atoms with Gasteiger partial charge in [0, 0.05) is 16.8 Å². The van der Waals surface area contributed by atoms with Crippen molar-refractivity contribution >= 4 is 17.0 Å². The van der Waals surface area contributed by atoms with E-state index in [2.05, 4.69) is 50.7 Å². The first-order valence-corrected chi connectivity index (χ1v) is 8.26. The molecule has 0 unspecified atom stereocenters. The summed E-state index contributed by atoms with van der Waals surface area (Å²) in [4.78, 5) is 5.64. The molecule has 110 valence electrons. The Kier molecular flexibility index (Phi) is 16.3. The number of nitrogens with zero attached hydrogens (tertiary/aromatic N) is 1. The third-order valence-electron chi connectivity index (χ3n) is 2.17. The first-order chi connectivity index (χ1) is 9.17. The van der Waals surface area contributed by atoms with Crippen molar-refractivity contribution < 1.29 is 0 Å². The highest BCUT2D eigenvalue weighted by Crippen LogP contribution is 2.15. The third-order valence-corrected chi connectivity index (χ3v) is 3.08. The Labute approximate surface area is 124 Å². The van der Waals surface area contributed by atoms with Gasteiger partial charge in [0.25, 0.3) is 0 Å². The van der Waals surface area contributed by atoms with Crippen LogP contribution in [0.5, 0.6) is 0 Å². The maximum absolute atomic E-state index is 4.25. The van der Waals surface area contributed by atoms with Gasteiger partial charge in [-0.05, 0) is 43.2 Å². The summed E-state index contributed by atoms with van der Waals surface area (Å²) in [5, 5.41) is 2.23. The van der Waals surface area contributed by atoms with Crippen LogP contribution in [0.15, 0.2) is 29.2 Å². The van der Waals surface area contributed by atoms with Crippen LogP contribution in [0.4, 0.5) is 0 Å². The molecule has 0 amide bonds. The SMILES string of the molecule is C=CN=C(CC)CCc1csc(C)c1.CC.CCC. The van der Waals surface area contributed by atoms with Crippen molar-refractivity contribution in [3.8, 4) is 0 Å². The lowest BCUT2D eigenvalue weighted by Crippen LogP contribution is -1.97. The number of aryl methyl sites for hydroxylation is 2. The van der Waals surface area contributed by atoms with Crippen LogP contribution in [0.25, 0.3) is 0 Å². The van der Waals surface area contributed by atoms with Crippen LogP contribution < -0.4 is 0 Å². The minimum absolute atomic E-state index is 1.02. The molecule has 0 N–H and O–H groups in total. The molecule has 1 aromatic rings. The Bertz CT molecular complexity index is 337. The fraction of sp³-hybridized carbons (Fsp3) is 0.588. The van der Waals surface area contributed by atoms with Gasteiger partial charge in [0.1, 0.15) is 0 Å². The van der Waals surface area contributed by atoms with Crippen molar-refractivity contribution in [2.24, 2.45) is 4.99 Å². The summed E-state index contributed by atoms with van der Waals surface area (Å²) in [5.41, 5.74) is 2.67. The molecule has 1 rings (SSSR count). The zero-order chi connectivity index (χ0) is 15.1. The molecule has 1 heterocycles. The standard InChI is InChI=1S/C12H17NS.C3H8.C2H6/c1-4-12(13-5-2)7-6-11-8-10(3)14-9-11;1-3-2;1-2/h5,8-9H,2,4,6-7H2,1,3H3;3H2,1-2H3;1-2H3. The van der Waals surface area contributed by atoms with E-state index < -0.39 is 0 Å². The molecular formula is C17H31NS. The van der Waals surface area contributed by atoms with E-state index in [0.29, 0.717) is 0 Å². The van der Waals surface area contributed by atoms with Gasteiger partial charge in [-0.15, -0.1) is 11.3 Å². The molecule has 19 heavy (non-hydrogen) atoms. The summed E-state index contributed by atoms with van der Waals surface area (Å²) >= 11 is 1.82. The van der Waals surface area contributed by atoms with E-state index in [0.717, 1.165) is 19.3 Å². The van der Waals surface area contributed by atoms with E-state index >= 15 is 0 Å². The molecule has 0 aromatic carbocycles. The van der Waals surface area contributed by atoms with Gasteiger partial charge in [0.15, 0.2) is 0 Å². The molecule has 0 fully saturated rings. The molecular weight excluding hydrogens is 250 g/mol. The van der Waals surface area contributed by atoms with Crippen LogP contribution in [0, 0.1) is 6.92 Å². The number of aliphatic imine (C=N–C) groups is 1. The Morgan fingerprint density at radius 1 is 1.32 bits per heavy atom. The van der Waals surface area contributed by atoms with Crippen LogP contribution in [0.1, 0.15) is 64.3 Å². The summed E-state index contributed by atoms with van der Waals surface area (Å²) in [7, 11) is 0. The average Bonchev–Trinajstić information content (AvgIpc) is 2.83. The smallest absolute Gasteiger partial charge is 0.0195 e. The van der Waals surface area contributed by atoms with Gasteiger partial charge in [-0.2, -0.15) is 0 Å². The number of hydrogen-bond donors (Lipinski definition) is 0. The summed E-state index contributed by atoms with van der Waals surface area (Å²) in [5.74, 6) is 0. The van der Waals surface area contributed by atoms with Gasteiger partial charge in [-0.3, -0.25) is 4.99 Å². The number of hydrogen-bond acceptors (Lipinski definition) is 2. The minimum atomic E-state index is 1.02. The summed E-state index contributed by atoms with van der Waals surface area (Å²) in [6.07, 6.45) is 6.07. The van der Waals surface area contributed by atoms with E-state index in [1.54, 1.807) is 6.20 Å². The molecule has 0 atom stereocenters. The largest absolute Gasteiger partial charge is 0.266 e. The predicted octanol–water partition coefficient (Wildman–Crippen LogP) is 6.43. The van der Waals surface area contributed by atoms with E-state index in [-0.39, 0.29) is 0 Å².